The topological polar surface area (TPSA) is 58.6 Å². The first-order valence-corrected chi connectivity index (χ1v) is 11.8. The zero-order valence-electron chi connectivity index (χ0n) is 18.1. The molecular formula is C24H30BrClN2O3. The summed E-state index contributed by atoms with van der Waals surface area (Å²) in [4.78, 5) is 27.3. The van der Waals surface area contributed by atoms with E-state index in [1.54, 1.807) is 36.1 Å². The largest absolute Gasteiger partial charge is 0.494 e. The highest BCUT2D eigenvalue weighted by Gasteiger charge is 2.25. The standard InChI is InChI=1S/C24H30BrClN2O3/c1-3-4-14-27-24(30)18(2)28(17-19-7-5-8-20(25)16-19)23(29)9-6-15-31-22-12-10-21(26)11-13-22/h5,7-8,10-13,16,18H,3-4,6,9,14-15,17H2,1-2H3,(H,27,30)/t18-/m1/s1. The molecule has 0 unspecified atom stereocenters. The fraction of sp³-hybridized carbons (Fsp3) is 0.417. The van der Waals surface area contributed by atoms with Crippen molar-refractivity contribution in [2.24, 2.45) is 0 Å². The third-order valence-corrected chi connectivity index (χ3v) is 5.60. The van der Waals surface area contributed by atoms with Crippen LogP contribution in [-0.4, -0.2) is 35.9 Å². The summed E-state index contributed by atoms with van der Waals surface area (Å²) in [6.07, 6.45) is 2.78. The van der Waals surface area contributed by atoms with Crippen LogP contribution in [0.2, 0.25) is 5.02 Å². The molecule has 1 N–H and O–H groups in total. The zero-order valence-corrected chi connectivity index (χ0v) is 20.4. The molecule has 7 heteroatoms. The zero-order chi connectivity index (χ0) is 22.6. The molecule has 168 valence electrons. The van der Waals surface area contributed by atoms with E-state index in [9.17, 15) is 9.59 Å². The van der Waals surface area contributed by atoms with Gasteiger partial charge in [-0.3, -0.25) is 9.59 Å². The van der Waals surface area contributed by atoms with E-state index in [0.29, 0.717) is 43.3 Å². The van der Waals surface area contributed by atoms with E-state index in [-0.39, 0.29) is 11.8 Å². The summed E-state index contributed by atoms with van der Waals surface area (Å²) >= 11 is 9.35. The Labute approximate surface area is 198 Å². The Balaban J connectivity index is 1.97. The predicted octanol–water partition coefficient (Wildman–Crippen LogP) is 5.60. The average molecular weight is 510 g/mol. The van der Waals surface area contributed by atoms with Crippen LogP contribution in [0.3, 0.4) is 0 Å². The van der Waals surface area contributed by atoms with Crippen molar-refractivity contribution in [3.05, 3.63) is 63.6 Å². The van der Waals surface area contributed by atoms with E-state index < -0.39 is 6.04 Å². The van der Waals surface area contributed by atoms with Crippen LogP contribution in [0.4, 0.5) is 0 Å². The lowest BCUT2D eigenvalue weighted by Crippen LogP contribution is -2.47. The van der Waals surface area contributed by atoms with Crippen molar-refractivity contribution in [2.75, 3.05) is 13.2 Å². The molecule has 31 heavy (non-hydrogen) atoms. The number of carbonyl (C=O) groups is 2. The number of nitrogens with one attached hydrogen (secondary N) is 1. The Bertz CT molecular complexity index is 845. The minimum absolute atomic E-state index is 0.0715. The molecule has 0 aliphatic carbocycles. The van der Waals surface area contributed by atoms with E-state index in [0.717, 1.165) is 22.9 Å². The Morgan fingerprint density at radius 3 is 2.58 bits per heavy atom. The summed E-state index contributed by atoms with van der Waals surface area (Å²) in [5.74, 6) is 0.513. The number of carbonyl (C=O) groups excluding carboxylic acids is 2. The van der Waals surface area contributed by atoms with E-state index in [1.165, 1.54) is 0 Å². The van der Waals surface area contributed by atoms with E-state index in [1.807, 2.05) is 24.3 Å². The average Bonchev–Trinajstić information content (AvgIpc) is 2.76. The first kappa shape index (κ1) is 25.2. The van der Waals surface area contributed by atoms with Crippen LogP contribution in [0.15, 0.2) is 53.0 Å². The van der Waals surface area contributed by atoms with Crippen molar-refractivity contribution in [3.8, 4) is 5.75 Å². The minimum Gasteiger partial charge on any atom is -0.494 e. The number of hydrogen-bond acceptors (Lipinski definition) is 3. The van der Waals surface area contributed by atoms with Crippen LogP contribution in [0.5, 0.6) is 5.75 Å². The first-order chi connectivity index (χ1) is 14.9. The maximum absolute atomic E-state index is 13.0. The van der Waals surface area contributed by atoms with E-state index in [4.69, 9.17) is 16.3 Å². The quantitative estimate of drug-likeness (QED) is 0.379. The monoisotopic (exact) mass is 508 g/mol. The van der Waals surface area contributed by atoms with Gasteiger partial charge in [-0.2, -0.15) is 0 Å². The fourth-order valence-electron chi connectivity index (χ4n) is 3.04. The molecule has 0 heterocycles. The second-order valence-electron chi connectivity index (χ2n) is 7.38. The fourth-order valence-corrected chi connectivity index (χ4v) is 3.61. The van der Waals surface area contributed by atoms with Gasteiger partial charge in [-0.05, 0) is 61.7 Å². The lowest BCUT2D eigenvalue weighted by molar-refractivity contribution is -0.140. The van der Waals surface area contributed by atoms with Gasteiger partial charge in [-0.15, -0.1) is 0 Å². The number of hydrogen-bond donors (Lipinski definition) is 1. The number of ether oxygens (including phenoxy) is 1. The number of benzene rings is 2. The van der Waals surface area contributed by atoms with Crippen LogP contribution in [-0.2, 0) is 16.1 Å². The molecule has 0 saturated carbocycles. The SMILES string of the molecule is CCCCNC(=O)[C@@H](C)N(Cc1cccc(Br)c1)C(=O)CCCOc1ccc(Cl)cc1. The van der Waals surface area contributed by atoms with Crippen LogP contribution >= 0.6 is 27.5 Å². The lowest BCUT2D eigenvalue weighted by Gasteiger charge is -2.29. The number of unbranched alkanes of at least 4 members (excludes halogenated alkanes) is 1. The first-order valence-electron chi connectivity index (χ1n) is 10.6. The van der Waals surface area contributed by atoms with Crippen LogP contribution in [0, 0.1) is 0 Å². The Hall–Kier alpha value is -2.05. The van der Waals surface area contributed by atoms with Gasteiger partial charge in [0.05, 0.1) is 6.61 Å². The second kappa shape index (κ2) is 13.4. The van der Waals surface area contributed by atoms with Gasteiger partial charge >= 0.3 is 0 Å². The van der Waals surface area contributed by atoms with E-state index in [2.05, 4.69) is 28.2 Å². The molecule has 0 bridgehead atoms. The molecule has 2 aromatic carbocycles. The third kappa shape index (κ3) is 8.91. The molecule has 0 spiro atoms. The van der Waals surface area contributed by atoms with Gasteiger partial charge in [-0.1, -0.05) is 53.0 Å². The molecule has 0 aromatic heterocycles. The number of nitrogens with zero attached hydrogens (tertiary/aromatic N) is 1. The number of amides is 2. The Morgan fingerprint density at radius 1 is 1.16 bits per heavy atom. The number of rotatable bonds is 12. The van der Waals surface area contributed by atoms with E-state index >= 15 is 0 Å². The highest BCUT2D eigenvalue weighted by molar-refractivity contribution is 9.10. The molecule has 2 aromatic rings. The predicted molar refractivity (Wildman–Crippen MR) is 128 cm³/mol. The van der Waals surface area contributed by atoms with Gasteiger partial charge in [-0.25, -0.2) is 0 Å². The summed E-state index contributed by atoms with van der Waals surface area (Å²) in [6.45, 7) is 5.26. The summed E-state index contributed by atoms with van der Waals surface area (Å²) in [5.41, 5.74) is 0.966. The molecule has 0 aliphatic rings. The molecule has 1 atom stereocenters. The molecule has 0 aliphatic heterocycles. The van der Waals surface area contributed by atoms with Crippen molar-refractivity contribution in [1.29, 1.82) is 0 Å². The highest BCUT2D eigenvalue weighted by atomic mass is 79.9. The van der Waals surface area contributed by atoms with Crippen molar-refractivity contribution >= 4 is 39.3 Å². The molecule has 2 rings (SSSR count). The second-order valence-corrected chi connectivity index (χ2v) is 8.73. The molecule has 0 fully saturated rings. The van der Waals surface area contributed by atoms with Gasteiger partial charge in [0.2, 0.25) is 11.8 Å². The van der Waals surface area contributed by atoms with Crippen LogP contribution in [0.25, 0.3) is 0 Å². The van der Waals surface area contributed by atoms with Crippen molar-refractivity contribution in [3.63, 3.8) is 0 Å². The lowest BCUT2D eigenvalue weighted by atomic mass is 10.1. The summed E-state index contributed by atoms with van der Waals surface area (Å²) in [5, 5.41) is 3.58. The van der Waals surface area contributed by atoms with Crippen LogP contribution < -0.4 is 10.1 Å². The van der Waals surface area contributed by atoms with Crippen molar-refractivity contribution in [1.82, 2.24) is 10.2 Å². The summed E-state index contributed by atoms with van der Waals surface area (Å²) in [6, 6.07) is 14.3. The smallest absolute Gasteiger partial charge is 0.242 e. The number of halogens is 2. The van der Waals surface area contributed by atoms with Gasteiger partial charge < -0.3 is 15.0 Å². The molecule has 0 radical (unpaired) electrons. The minimum atomic E-state index is -0.555. The molecule has 0 saturated heterocycles. The third-order valence-electron chi connectivity index (χ3n) is 4.86. The maximum atomic E-state index is 13.0. The van der Waals surface area contributed by atoms with Crippen LogP contribution in [0.1, 0.15) is 45.1 Å². The normalized spacial score (nSPS) is 11.6. The Morgan fingerprint density at radius 2 is 1.90 bits per heavy atom. The van der Waals surface area contributed by atoms with Gasteiger partial charge in [0, 0.05) is 29.0 Å². The van der Waals surface area contributed by atoms with Gasteiger partial charge in [0.15, 0.2) is 0 Å². The maximum Gasteiger partial charge on any atom is 0.242 e. The summed E-state index contributed by atoms with van der Waals surface area (Å²) < 4.78 is 6.62. The molecular weight excluding hydrogens is 480 g/mol. The van der Waals surface area contributed by atoms with Gasteiger partial charge in [0.25, 0.3) is 0 Å². The van der Waals surface area contributed by atoms with Crippen molar-refractivity contribution < 1.29 is 14.3 Å². The Kier molecular flexibility index (Phi) is 10.9. The highest BCUT2D eigenvalue weighted by Crippen LogP contribution is 2.18. The summed E-state index contributed by atoms with van der Waals surface area (Å²) in [7, 11) is 0. The molecule has 5 nitrogen and oxygen atoms in total. The van der Waals surface area contributed by atoms with Crippen molar-refractivity contribution in [2.45, 2.75) is 52.1 Å². The van der Waals surface area contributed by atoms with Gasteiger partial charge in [0.1, 0.15) is 11.8 Å². The molecule has 2 amide bonds.